The van der Waals surface area contributed by atoms with E-state index in [9.17, 15) is 9.59 Å². The van der Waals surface area contributed by atoms with Crippen molar-refractivity contribution in [2.24, 2.45) is 0 Å². The number of nitrogens with zero attached hydrogens (tertiary/aromatic N) is 2. The van der Waals surface area contributed by atoms with Gasteiger partial charge in [-0.15, -0.1) is 11.3 Å². The van der Waals surface area contributed by atoms with Crippen LogP contribution >= 0.6 is 11.3 Å². The summed E-state index contributed by atoms with van der Waals surface area (Å²) in [6.45, 7) is 4.16. The molecule has 34 heavy (non-hydrogen) atoms. The van der Waals surface area contributed by atoms with Crippen molar-refractivity contribution in [1.29, 1.82) is 0 Å². The number of amides is 3. The maximum Gasteiger partial charge on any atom is 0.322 e. The van der Waals surface area contributed by atoms with E-state index in [1.54, 1.807) is 16.2 Å². The number of carbonyl (C=O) groups excluding carboxylic acids is 2. The van der Waals surface area contributed by atoms with Crippen molar-refractivity contribution in [1.82, 2.24) is 9.80 Å². The molecule has 1 saturated heterocycles. The Labute approximate surface area is 205 Å². The van der Waals surface area contributed by atoms with Crippen molar-refractivity contribution in [2.75, 3.05) is 25.0 Å². The summed E-state index contributed by atoms with van der Waals surface area (Å²) in [5.41, 5.74) is 2.94. The molecule has 3 aromatic rings. The van der Waals surface area contributed by atoms with Gasteiger partial charge in [0.1, 0.15) is 6.54 Å². The molecule has 1 unspecified atom stereocenters. The molecule has 2 aromatic carbocycles. The van der Waals surface area contributed by atoms with Gasteiger partial charge in [-0.05, 0) is 54.5 Å². The molecule has 7 heteroatoms. The minimum absolute atomic E-state index is 0.00418. The summed E-state index contributed by atoms with van der Waals surface area (Å²) >= 11 is 1.65. The Morgan fingerprint density at radius 3 is 2.38 bits per heavy atom. The van der Waals surface area contributed by atoms with Crippen molar-refractivity contribution in [3.63, 3.8) is 0 Å². The van der Waals surface area contributed by atoms with Gasteiger partial charge >= 0.3 is 6.03 Å². The lowest BCUT2D eigenvalue weighted by atomic mass is 10.2. The number of carbonyl (C=O) groups is 2. The predicted molar refractivity (Wildman–Crippen MR) is 136 cm³/mol. The van der Waals surface area contributed by atoms with Crippen LogP contribution in [0.5, 0.6) is 0 Å². The van der Waals surface area contributed by atoms with Crippen molar-refractivity contribution < 1.29 is 14.3 Å². The summed E-state index contributed by atoms with van der Waals surface area (Å²) in [7, 11) is 0. The quantitative estimate of drug-likeness (QED) is 0.455. The van der Waals surface area contributed by atoms with E-state index < -0.39 is 0 Å². The third-order valence-corrected chi connectivity index (χ3v) is 6.97. The van der Waals surface area contributed by atoms with Gasteiger partial charge in [0.15, 0.2) is 0 Å². The average Bonchev–Trinajstić information content (AvgIpc) is 3.51. The van der Waals surface area contributed by atoms with Crippen molar-refractivity contribution >= 4 is 29.0 Å². The van der Waals surface area contributed by atoms with E-state index in [2.05, 4.69) is 18.3 Å². The normalized spacial score (nSPS) is 15.1. The second-order valence-electron chi connectivity index (χ2n) is 8.57. The maximum atomic E-state index is 13.6. The molecule has 0 aliphatic carbocycles. The first kappa shape index (κ1) is 24.0. The fraction of sp³-hybridized carbons (Fsp3) is 0.333. The highest BCUT2D eigenvalue weighted by Gasteiger charge is 2.27. The topological polar surface area (TPSA) is 61.9 Å². The Hall–Kier alpha value is -3.16. The van der Waals surface area contributed by atoms with Crippen LogP contribution in [-0.4, -0.2) is 47.5 Å². The summed E-state index contributed by atoms with van der Waals surface area (Å²) < 4.78 is 5.78. The Morgan fingerprint density at radius 1 is 1.00 bits per heavy atom. The maximum absolute atomic E-state index is 13.6. The van der Waals surface area contributed by atoms with Crippen molar-refractivity contribution in [3.05, 3.63) is 88.1 Å². The molecule has 0 spiro atoms. The zero-order valence-electron chi connectivity index (χ0n) is 19.5. The summed E-state index contributed by atoms with van der Waals surface area (Å²) in [5, 5.41) is 4.98. The molecule has 2 heterocycles. The van der Waals surface area contributed by atoms with Crippen LogP contribution in [0.1, 0.15) is 28.8 Å². The van der Waals surface area contributed by atoms with Crippen LogP contribution in [0.15, 0.2) is 72.1 Å². The van der Waals surface area contributed by atoms with Crippen LogP contribution in [0.4, 0.5) is 10.5 Å². The van der Waals surface area contributed by atoms with Crippen LogP contribution in [0.3, 0.4) is 0 Å². The lowest BCUT2D eigenvalue weighted by Crippen LogP contribution is -2.46. The number of thiophene rings is 1. The lowest BCUT2D eigenvalue weighted by Gasteiger charge is -2.29. The van der Waals surface area contributed by atoms with Crippen LogP contribution in [0, 0.1) is 6.92 Å². The van der Waals surface area contributed by atoms with E-state index in [4.69, 9.17) is 4.74 Å². The number of anilines is 1. The van der Waals surface area contributed by atoms with Gasteiger partial charge in [-0.1, -0.05) is 48.5 Å². The highest BCUT2D eigenvalue weighted by atomic mass is 32.1. The van der Waals surface area contributed by atoms with Crippen LogP contribution < -0.4 is 5.32 Å². The van der Waals surface area contributed by atoms with Gasteiger partial charge in [0, 0.05) is 30.3 Å². The molecule has 4 rings (SSSR count). The monoisotopic (exact) mass is 477 g/mol. The van der Waals surface area contributed by atoms with E-state index >= 15 is 0 Å². The zero-order chi connectivity index (χ0) is 23.8. The fourth-order valence-electron chi connectivity index (χ4n) is 4.02. The number of para-hydroxylation sites is 1. The van der Waals surface area contributed by atoms with E-state index in [0.29, 0.717) is 31.9 Å². The molecule has 6 nitrogen and oxygen atoms in total. The van der Waals surface area contributed by atoms with Gasteiger partial charge in [0.2, 0.25) is 5.91 Å². The molecule has 1 aliphatic rings. The van der Waals surface area contributed by atoms with Gasteiger partial charge < -0.3 is 19.9 Å². The first-order valence-electron chi connectivity index (χ1n) is 11.7. The number of hydrogen-bond donors (Lipinski definition) is 1. The highest BCUT2D eigenvalue weighted by molar-refractivity contribution is 7.10. The largest absolute Gasteiger partial charge is 0.376 e. The molecule has 1 aliphatic heterocycles. The molecule has 1 N–H and O–H groups in total. The average molecular weight is 478 g/mol. The molecule has 1 atom stereocenters. The molecule has 178 valence electrons. The minimum atomic E-state index is -0.290. The standard InChI is InChI=1S/C27H31N3O3S/c1-21-14-16-34-25(21)19-29(17-22-9-4-2-5-10-22)26(31)20-30(18-24-13-8-15-33-24)27(32)28-23-11-6-3-7-12-23/h2-7,9-12,14,16,24H,8,13,15,17-20H2,1H3,(H,28,32). The molecule has 0 radical (unpaired) electrons. The number of ether oxygens (including phenoxy) is 1. The number of urea groups is 1. The summed E-state index contributed by atoms with van der Waals surface area (Å²) in [4.78, 5) is 31.4. The Morgan fingerprint density at radius 2 is 1.74 bits per heavy atom. The third kappa shape index (κ3) is 6.68. The number of benzene rings is 2. The predicted octanol–water partition coefficient (Wildman–Crippen LogP) is 5.30. The summed E-state index contributed by atoms with van der Waals surface area (Å²) in [6, 6.07) is 21.1. The third-order valence-electron chi connectivity index (χ3n) is 5.96. The SMILES string of the molecule is Cc1ccsc1CN(Cc1ccccc1)C(=O)CN(CC1CCCO1)C(=O)Nc1ccccc1. The number of hydrogen-bond acceptors (Lipinski definition) is 4. The van der Waals surface area contributed by atoms with E-state index in [-0.39, 0.29) is 24.6 Å². The minimum Gasteiger partial charge on any atom is -0.376 e. The van der Waals surface area contributed by atoms with Crippen molar-refractivity contribution in [2.45, 2.75) is 39.0 Å². The Balaban J connectivity index is 1.51. The first-order valence-corrected chi connectivity index (χ1v) is 12.5. The summed E-state index contributed by atoms with van der Waals surface area (Å²) in [6.07, 6.45) is 1.83. The molecule has 1 aromatic heterocycles. The van der Waals surface area contributed by atoms with E-state index in [1.165, 1.54) is 5.56 Å². The highest BCUT2D eigenvalue weighted by Crippen LogP contribution is 2.20. The van der Waals surface area contributed by atoms with Crippen molar-refractivity contribution in [3.8, 4) is 0 Å². The second kappa shape index (κ2) is 11.8. The van der Waals surface area contributed by atoms with E-state index in [1.807, 2.05) is 70.9 Å². The Kier molecular flexibility index (Phi) is 8.33. The first-order chi connectivity index (χ1) is 16.6. The summed E-state index contributed by atoms with van der Waals surface area (Å²) in [5.74, 6) is -0.0853. The number of aryl methyl sites for hydroxylation is 1. The Bertz CT molecular complexity index is 1060. The molecule has 3 amide bonds. The number of nitrogens with one attached hydrogen (secondary N) is 1. The van der Waals surface area contributed by atoms with Crippen LogP contribution in [-0.2, 0) is 22.6 Å². The molecule has 0 bridgehead atoms. The van der Waals surface area contributed by atoms with Gasteiger partial charge in [-0.25, -0.2) is 4.79 Å². The molecular weight excluding hydrogens is 446 g/mol. The van der Waals surface area contributed by atoms with Crippen LogP contribution in [0.25, 0.3) is 0 Å². The fourth-order valence-corrected chi connectivity index (χ4v) is 4.94. The van der Waals surface area contributed by atoms with Gasteiger partial charge in [-0.2, -0.15) is 0 Å². The smallest absolute Gasteiger partial charge is 0.322 e. The second-order valence-corrected chi connectivity index (χ2v) is 9.57. The number of rotatable bonds is 9. The van der Waals surface area contributed by atoms with Gasteiger partial charge in [-0.3, -0.25) is 4.79 Å². The van der Waals surface area contributed by atoms with Gasteiger partial charge in [0.25, 0.3) is 0 Å². The lowest BCUT2D eigenvalue weighted by molar-refractivity contribution is -0.133. The molecule has 1 fully saturated rings. The van der Waals surface area contributed by atoms with Gasteiger partial charge in [0.05, 0.1) is 12.6 Å². The molecule has 0 saturated carbocycles. The molecular formula is C27H31N3O3S. The van der Waals surface area contributed by atoms with Crippen LogP contribution in [0.2, 0.25) is 0 Å². The zero-order valence-corrected chi connectivity index (χ0v) is 20.3. The van der Waals surface area contributed by atoms with E-state index in [0.717, 1.165) is 23.3 Å².